The Morgan fingerprint density at radius 1 is 1.43 bits per heavy atom. The van der Waals surface area contributed by atoms with E-state index in [0.29, 0.717) is 27.7 Å². The first kappa shape index (κ1) is 14.9. The summed E-state index contributed by atoms with van der Waals surface area (Å²) in [7, 11) is 0. The second-order valence-corrected chi connectivity index (χ2v) is 5.33. The summed E-state index contributed by atoms with van der Waals surface area (Å²) in [6, 6.07) is 8.41. The van der Waals surface area contributed by atoms with Crippen molar-refractivity contribution in [1.82, 2.24) is 4.57 Å². The third kappa shape index (κ3) is 3.18. The van der Waals surface area contributed by atoms with Gasteiger partial charge in [0.15, 0.2) is 0 Å². The molecule has 5 nitrogen and oxygen atoms in total. The number of anilines is 2. The van der Waals surface area contributed by atoms with Crippen LogP contribution >= 0.6 is 11.6 Å². The monoisotopic (exact) mass is 302 g/mol. The number of carbonyl (C=O) groups excluding carboxylic acids is 1. The Labute approximate surface area is 127 Å². The fourth-order valence-corrected chi connectivity index (χ4v) is 2.15. The van der Waals surface area contributed by atoms with E-state index in [1.165, 1.54) is 6.07 Å². The Hall–Kier alpha value is -2.45. The van der Waals surface area contributed by atoms with Gasteiger partial charge >= 0.3 is 0 Å². The second-order valence-electron chi connectivity index (χ2n) is 4.92. The fraction of sp³-hybridized carbons (Fsp3) is 0.200. The summed E-state index contributed by atoms with van der Waals surface area (Å²) in [5.74, 6) is -0.322. The summed E-state index contributed by atoms with van der Waals surface area (Å²) < 4.78 is 1.78. The summed E-state index contributed by atoms with van der Waals surface area (Å²) in [4.78, 5) is 12.4. The standard InChI is InChI=1S/C15H15ClN4O/c1-9(2)20-8-11(18)6-14(20)15(21)19-13-5-10(7-17)3-4-12(13)16/h3-6,8-9H,18H2,1-2H3,(H,19,21). The molecule has 0 saturated heterocycles. The van der Waals surface area contributed by atoms with Crippen molar-refractivity contribution in [3.8, 4) is 6.07 Å². The molecule has 0 radical (unpaired) electrons. The van der Waals surface area contributed by atoms with Gasteiger partial charge in [-0.2, -0.15) is 5.26 Å². The quantitative estimate of drug-likeness (QED) is 0.911. The number of nitrogens with zero attached hydrogens (tertiary/aromatic N) is 2. The van der Waals surface area contributed by atoms with Crippen molar-refractivity contribution in [1.29, 1.82) is 5.26 Å². The van der Waals surface area contributed by atoms with Crippen LogP contribution < -0.4 is 11.1 Å². The Bertz CT molecular complexity index is 728. The molecule has 6 heteroatoms. The number of hydrogen-bond acceptors (Lipinski definition) is 3. The molecule has 0 fully saturated rings. The van der Waals surface area contributed by atoms with Crippen molar-refractivity contribution in [3.05, 3.63) is 46.7 Å². The van der Waals surface area contributed by atoms with Crippen LogP contribution in [0.25, 0.3) is 0 Å². The maximum atomic E-state index is 12.4. The number of rotatable bonds is 3. The number of nitrogen functional groups attached to an aromatic ring is 1. The number of amides is 1. The van der Waals surface area contributed by atoms with Gasteiger partial charge in [-0.25, -0.2) is 0 Å². The van der Waals surface area contributed by atoms with Gasteiger partial charge in [-0.3, -0.25) is 4.79 Å². The molecule has 2 rings (SSSR count). The van der Waals surface area contributed by atoms with E-state index in [0.717, 1.165) is 0 Å². The minimum absolute atomic E-state index is 0.101. The predicted molar refractivity (Wildman–Crippen MR) is 83.3 cm³/mol. The van der Waals surface area contributed by atoms with E-state index in [1.54, 1.807) is 29.0 Å². The minimum atomic E-state index is -0.322. The van der Waals surface area contributed by atoms with Crippen LogP contribution in [0.3, 0.4) is 0 Å². The minimum Gasteiger partial charge on any atom is -0.397 e. The van der Waals surface area contributed by atoms with Gasteiger partial charge < -0.3 is 15.6 Å². The van der Waals surface area contributed by atoms with Gasteiger partial charge in [0, 0.05) is 12.2 Å². The highest BCUT2D eigenvalue weighted by Crippen LogP contribution is 2.24. The lowest BCUT2D eigenvalue weighted by atomic mass is 10.2. The number of benzene rings is 1. The summed E-state index contributed by atoms with van der Waals surface area (Å²) in [5.41, 5.74) is 7.54. The van der Waals surface area contributed by atoms with Crippen LogP contribution in [0.15, 0.2) is 30.5 Å². The number of halogens is 1. The van der Waals surface area contributed by atoms with E-state index in [2.05, 4.69) is 5.32 Å². The molecule has 0 unspecified atom stereocenters. The van der Waals surface area contributed by atoms with Crippen LogP contribution in [0.4, 0.5) is 11.4 Å². The van der Waals surface area contributed by atoms with E-state index in [9.17, 15) is 4.79 Å². The molecular weight excluding hydrogens is 288 g/mol. The molecule has 0 bridgehead atoms. The number of aromatic nitrogens is 1. The van der Waals surface area contributed by atoms with Crippen LogP contribution in [-0.2, 0) is 0 Å². The average molecular weight is 303 g/mol. The molecule has 1 heterocycles. The molecule has 1 aromatic carbocycles. The maximum absolute atomic E-state index is 12.4. The molecule has 21 heavy (non-hydrogen) atoms. The zero-order valence-electron chi connectivity index (χ0n) is 11.7. The Balaban J connectivity index is 2.33. The first-order chi connectivity index (χ1) is 9.92. The predicted octanol–water partition coefficient (Wildman–Crippen LogP) is 3.43. The van der Waals surface area contributed by atoms with Crippen molar-refractivity contribution < 1.29 is 4.79 Å². The van der Waals surface area contributed by atoms with E-state index in [-0.39, 0.29) is 11.9 Å². The molecular formula is C15H15ClN4O. The second kappa shape index (κ2) is 5.90. The van der Waals surface area contributed by atoms with Gasteiger partial charge in [-0.15, -0.1) is 0 Å². The van der Waals surface area contributed by atoms with Crippen molar-refractivity contribution >= 4 is 28.9 Å². The topological polar surface area (TPSA) is 83.8 Å². The maximum Gasteiger partial charge on any atom is 0.272 e. The Morgan fingerprint density at radius 2 is 2.14 bits per heavy atom. The number of nitriles is 1. The highest BCUT2D eigenvalue weighted by Gasteiger charge is 2.16. The zero-order valence-corrected chi connectivity index (χ0v) is 12.5. The molecule has 2 aromatic rings. The van der Waals surface area contributed by atoms with Gasteiger partial charge in [0.1, 0.15) is 5.69 Å². The van der Waals surface area contributed by atoms with Crippen molar-refractivity contribution in [2.45, 2.75) is 19.9 Å². The van der Waals surface area contributed by atoms with Gasteiger partial charge in [-0.1, -0.05) is 11.6 Å². The molecule has 0 aliphatic carbocycles. The SMILES string of the molecule is CC(C)n1cc(N)cc1C(=O)Nc1cc(C#N)ccc1Cl. The summed E-state index contributed by atoms with van der Waals surface area (Å²) in [6.45, 7) is 3.92. The third-order valence-electron chi connectivity index (χ3n) is 3.00. The molecule has 0 saturated carbocycles. The number of carbonyl (C=O) groups is 1. The van der Waals surface area contributed by atoms with Gasteiger partial charge in [0.25, 0.3) is 5.91 Å². The van der Waals surface area contributed by atoms with Gasteiger partial charge in [0.2, 0.25) is 0 Å². The van der Waals surface area contributed by atoms with Gasteiger partial charge in [-0.05, 0) is 38.1 Å². The molecule has 1 aromatic heterocycles. The summed E-state index contributed by atoms with van der Waals surface area (Å²) in [6.07, 6.45) is 1.72. The van der Waals surface area contributed by atoms with Crippen LogP contribution in [0.2, 0.25) is 5.02 Å². The van der Waals surface area contributed by atoms with Crippen LogP contribution in [0.1, 0.15) is 35.9 Å². The van der Waals surface area contributed by atoms with Gasteiger partial charge in [0.05, 0.1) is 28.0 Å². The number of nitrogens with one attached hydrogen (secondary N) is 1. The average Bonchev–Trinajstić information content (AvgIpc) is 2.83. The van der Waals surface area contributed by atoms with E-state index in [1.807, 2.05) is 19.9 Å². The molecule has 0 aliphatic rings. The highest BCUT2D eigenvalue weighted by molar-refractivity contribution is 6.34. The zero-order chi connectivity index (χ0) is 15.6. The van der Waals surface area contributed by atoms with E-state index >= 15 is 0 Å². The highest BCUT2D eigenvalue weighted by atomic mass is 35.5. The summed E-state index contributed by atoms with van der Waals surface area (Å²) >= 11 is 6.04. The van der Waals surface area contributed by atoms with Crippen molar-refractivity contribution in [2.75, 3.05) is 11.1 Å². The lowest BCUT2D eigenvalue weighted by Crippen LogP contribution is -2.18. The van der Waals surface area contributed by atoms with Crippen LogP contribution in [-0.4, -0.2) is 10.5 Å². The molecule has 0 aliphatic heterocycles. The lowest BCUT2D eigenvalue weighted by Gasteiger charge is -2.13. The molecule has 108 valence electrons. The Kier molecular flexibility index (Phi) is 4.20. The van der Waals surface area contributed by atoms with Crippen LogP contribution in [0, 0.1) is 11.3 Å². The fourth-order valence-electron chi connectivity index (χ4n) is 1.99. The first-order valence-corrected chi connectivity index (χ1v) is 6.78. The smallest absolute Gasteiger partial charge is 0.272 e. The van der Waals surface area contributed by atoms with Crippen LogP contribution in [0.5, 0.6) is 0 Å². The largest absolute Gasteiger partial charge is 0.397 e. The molecule has 0 spiro atoms. The van der Waals surface area contributed by atoms with E-state index < -0.39 is 0 Å². The van der Waals surface area contributed by atoms with Crippen molar-refractivity contribution in [2.24, 2.45) is 0 Å². The van der Waals surface area contributed by atoms with E-state index in [4.69, 9.17) is 22.6 Å². The number of nitrogens with two attached hydrogens (primary N) is 1. The molecule has 3 N–H and O–H groups in total. The summed E-state index contributed by atoms with van der Waals surface area (Å²) in [5, 5.41) is 12.0. The lowest BCUT2D eigenvalue weighted by molar-refractivity contribution is 0.101. The normalized spacial score (nSPS) is 10.4. The molecule has 1 amide bonds. The molecule has 0 atom stereocenters. The third-order valence-corrected chi connectivity index (χ3v) is 3.33. The van der Waals surface area contributed by atoms with Crippen molar-refractivity contribution in [3.63, 3.8) is 0 Å². The Morgan fingerprint density at radius 3 is 2.76 bits per heavy atom. The number of hydrogen-bond donors (Lipinski definition) is 2. The first-order valence-electron chi connectivity index (χ1n) is 6.40.